The van der Waals surface area contributed by atoms with Crippen LogP contribution < -0.4 is 5.32 Å². The molecule has 0 aliphatic rings. The third-order valence-electron chi connectivity index (χ3n) is 3.39. The van der Waals surface area contributed by atoms with Crippen LogP contribution in [0.15, 0.2) is 24.3 Å². The summed E-state index contributed by atoms with van der Waals surface area (Å²) in [4.78, 5) is 0. The van der Waals surface area contributed by atoms with Gasteiger partial charge < -0.3 is 10.4 Å². The SMILES string of the molecule is CCC(C)NC(CC)(CO)c1cccc(F)c1. The van der Waals surface area contributed by atoms with E-state index in [2.05, 4.69) is 19.2 Å². The molecule has 0 aliphatic carbocycles. The minimum Gasteiger partial charge on any atom is -0.394 e. The number of aliphatic hydroxyl groups excluding tert-OH is 1. The van der Waals surface area contributed by atoms with Crippen molar-refractivity contribution in [2.45, 2.75) is 45.2 Å². The lowest BCUT2D eigenvalue weighted by atomic mass is 9.87. The van der Waals surface area contributed by atoms with Crippen LogP contribution in [0.1, 0.15) is 39.2 Å². The first-order valence-corrected chi connectivity index (χ1v) is 6.22. The van der Waals surface area contributed by atoms with Crippen LogP contribution in [0.4, 0.5) is 4.39 Å². The molecule has 0 aliphatic heterocycles. The fourth-order valence-electron chi connectivity index (χ4n) is 2.00. The third kappa shape index (κ3) is 3.27. The van der Waals surface area contributed by atoms with Crippen LogP contribution in [0.3, 0.4) is 0 Å². The van der Waals surface area contributed by atoms with E-state index < -0.39 is 5.54 Å². The maximum absolute atomic E-state index is 13.3. The molecular formula is C14H22FNO. The standard InChI is InChI=1S/C14H22FNO/c1-4-11(3)16-14(5-2,10-17)12-7-6-8-13(15)9-12/h6-9,11,16-17H,4-5,10H2,1-3H3. The Morgan fingerprint density at radius 1 is 1.41 bits per heavy atom. The molecule has 0 aromatic heterocycles. The molecule has 0 amide bonds. The van der Waals surface area contributed by atoms with Gasteiger partial charge in [-0.1, -0.05) is 26.0 Å². The zero-order chi connectivity index (χ0) is 12.9. The largest absolute Gasteiger partial charge is 0.394 e. The van der Waals surface area contributed by atoms with E-state index in [9.17, 15) is 9.50 Å². The van der Waals surface area contributed by atoms with E-state index in [-0.39, 0.29) is 18.5 Å². The Balaban J connectivity index is 3.06. The summed E-state index contributed by atoms with van der Waals surface area (Å²) in [5.74, 6) is -0.264. The zero-order valence-corrected chi connectivity index (χ0v) is 10.8. The highest BCUT2D eigenvalue weighted by Crippen LogP contribution is 2.26. The molecular weight excluding hydrogens is 217 g/mol. The number of hydrogen-bond donors (Lipinski definition) is 2. The summed E-state index contributed by atoms with van der Waals surface area (Å²) in [6.07, 6.45) is 1.69. The van der Waals surface area contributed by atoms with E-state index in [0.717, 1.165) is 18.4 Å². The van der Waals surface area contributed by atoms with E-state index >= 15 is 0 Å². The fourth-order valence-corrected chi connectivity index (χ4v) is 2.00. The molecule has 3 heteroatoms. The summed E-state index contributed by atoms with van der Waals surface area (Å²) in [7, 11) is 0. The van der Waals surface area contributed by atoms with Crippen molar-refractivity contribution in [1.29, 1.82) is 0 Å². The van der Waals surface area contributed by atoms with Crippen molar-refractivity contribution in [1.82, 2.24) is 5.32 Å². The predicted molar refractivity (Wildman–Crippen MR) is 68.3 cm³/mol. The number of benzene rings is 1. The Bertz CT molecular complexity index is 350. The summed E-state index contributed by atoms with van der Waals surface area (Å²) >= 11 is 0. The van der Waals surface area contributed by atoms with Crippen LogP contribution in [-0.2, 0) is 5.54 Å². The monoisotopic (exact) mass is 239 g/mol. The van der Waals surface area contributed by atoms with Crippen molar-refractivity contribution in [2.75, 3.05) is 6.61 Å². The van der Waals surface area contributed by atoms with Gasteiger partial charge in [0.1, 0.15) is 5.82 Å². The molecule has 1 aromatic rings. The van der Waals surface area contributed by atoms with E-state index in [0.29, 0.717) is 0 Å². The normalized spacial score (nSPS) is 16.5. The van der Waals surface area contributed by atoms with Gasteiger partial charge in [-0.3, -0.25) is 0 Å². The van der Waals surface area contributed by atoms with Crippen LogP contribution in [-0.4, -0.2) is 17.8 Å². The molecule has 2 nitrogen and oxygen atoms in total. The lowest BCUT2D eigenvalue weighted by Crippen LogP contribution is -2.49. The Labute approximate surface area is 103 Å². The van der Waals surface area contributed by atoms with Crippen LogP contribution >= 0.6 is 0 Å². The van der Waals surface area contributed by atoms with Crippen LogP contribution in [0.5, 0.6) is 0 Å². The van der Waals surface area contributed by atoms with Gasteiger partial charge in [0.25, 0.3) is 0 Å². The van der Waals surface area contributed by atoms with Gasteiger partial charge in [0.15, 0.2) is 0 Å². The molecule has 1 rings (SSSR count). The van der Waals surface area contributed by atoms with Crippen LogP contribution in [0.25, 0.3) is 0 Å². The van der Waals surface area contributed by atoms with E-state index in [4.69, 9.17) is 0 Å². The quantitative estimate of drug-likeness (QED) is 0.800. The molecule has 0 radical (unpaired) electrons. The predicted octanol–water partition coefficient (Wildman–Crippen LogP) is 2.81. The number of hydrogen-bond acceptors (Lipinski definition) is 2. The molecule has 96 valence electrons. The number of nitrogens with one attached hydrogen (secondary N) is 1. The minimum absolute atomic E-state index is 0.0305. The molecule has 2 unspecified atom stereocenters. The van der Waals surface area contributed by atoms with E-state index in [1.54, 1.807) is 6.07 Å². The first-order valence-electron chi connectivity index (χ1n) is 6.22. The average molecular weight is 239 g/mol. The summed E-state index contributed by atoms with van der Waals surface area (Å²) in [6, 6.07) is 6.74. The van der Waals surface area contributed by atoms with Gasteiger partial charge in [0.05, 0.1) is 12.1 Å². The molecule has 2 atom stereocenters. The second-order valence-electron chi connectivity index (χ2n) is 4.56. The van der Waals surface area contributed by atoms with Gasteiger partial charge >= 0.3 is 0 Å². The lowest BCUT2D eigenvalue weighted by Gasteiger charge is -2.35. The van der Waals surface area contributed by atoms with Crippen molar-refractivity contribution in [3.8, 4) is 0 Å². The van der Waals surface area contributed by atoms with Gasteiger partial charge in [-0.15, -0.1) is 0 Å². The Morgan fingerprint density at radius 2 is 2.12 bits per heavy atom. The van der Waals surface area contributed by atoms with Crippen molar-refractivity contribution >= 4 is 0 Å². The van der Waals surface area contributed by atoms with Crippen molar-refractivity contribution in [3.63, 3.8) is 0 Å². The topological polar surface area (TPSA) is 32.3 Å². The van der Waals surface area contributed by atoms with Crippen molar-refractivity contribution in [3.05, 3.63) is 35.6 Å². The summed E-state index contributed by atoms with van der Waals surface area (Å²) in [6.45, 7) is 6.12. The van der Waals surface area contributed by atoms with Gasteiger partial charge in [-0.05, 0) is 37.5 Å². The van der Waals surface area contributed by atoms with Crippen molar-refractivity contribution < 1.29 is 9.50 Å². The Hall–Kier alpha value is -0.930. The second kappa shape index (κ2) is 6.12. The Morgan fingerprint density at radius 3 is 2.59 bits per heavy atom. The molecule has 17 heavy (non-hydrogen) atoms. The highest BCUT2D eigenvalue weighted by Gasteiger charge is 2.30. The maximum atomic E-state index is 13.3. The first-order chi connectivity index (χ1) is 8.07. The lowest BCUT2D eigenvalue weighted by molar-refractivity contribution is 0.142. The van der Waals surface area contributed by atoms with Gasteiger partial charge in [-0.25, -0.2) is 4.39 Å². The zero-order valence-electron chi connectivity index (χ0n) is 10.8. The van der Waals surface area contributed by atoms with Crippen LogP contribution in [0.2, 0.25) is 0 Å². The molecule has 0 saturated carbocycles. The second-order valence-corrected chi connectivity index (χ2v) is 4.56. The number of halogens is 1. The molecule has 0 bridgehead atoms. The van der Waals surface area contributed by atoms with Gasteiger partial charge in [-0.2, -0.15) is 0 Å². The molecule has 0 fully saturated rings. The van der Waals surface area contributed by atoms with Crippen LogP contribution in [0, 0.1) is 5.82 Å². The molecule has 2 N–H and O–H groups in total. The number of rotatable bonds is 6. The summed E-state index contributed by atoms with van der Waals surface area (Å²) in [5, 5.41) is 13.1. The highest BCUT2D eigenvalue weighted by atomic mass is 19.1. The minimum atomic E-state index is -0.544. The average Bonchev–Trinajstić information content (AvgIpc) is 2.35. The third-order valence-corrected chi connectivity index (χ3v) is 3.39. The Kier molecular flexibility index (Phi) is 5.09. The summed E-state index contributed by atoms with van der Waals surface area (Å²) < 4.78 is 13.3. The number of aliphatic hydroxyl groups is 1. The van der Waals surface area contributed by atoms with Gasteiger partial charge in [0.2, 0.25) is 0 Å². The van der Waals surface area contributed by atoms with Crippen molar-refractivity contribution in [2.24, 2.45) is 0 Å². The molecule has 1 aromatic carbocycles. The van der Waals surface area contributed by atoms with Gasteiger partial charge in [0, 0.05) is 6.04 Å². The van der Waals surface area contributed by atoms with E-state index in [1.807, 2.05) is 13.0 Å². The molecule has 0 saturated heterocycles. The first kappa shape index (κ1) is 14.1. The highest BCUT2D eigenvalue weighted by molar-refractivity contribution is 5.25. The molecule has 0 heterocycles. The van der Waals surface area contributed by atoms with E-state index in [1.165, 1.54) is 12.1 Å². The smallest absolute Gasteiger partial charge is 0.123 e. The summed E-state index contributed by atoms with van der Waals surface area (Å²) in [5.41, 5.74) is 0.264. The maximum Gasteiger partial charge on any atom is 0.123 e. The molecule has 0 spiro atoms. The fraction of sp³-hybridized carbons (Fsp3) is 0.571.